The lowest BCUT2D eigenvalue weighted by Crippen LogP contribution is -2.33. The Balaban J connectivity index is 2.46. The molecule has 1 N–H and O–H groups in total. The van der Waals surface area contributed by atoms with Gasteiger partial charge in [0.1, 0.15) is 11.4 Å². The van der Waals surface area contributed by atoms with E-state index in [9.17, 15) is 19.3 Å². The van der Waals surface area contributed by atoms with Crippen LogP contribution in [0.15, 0.2) is 16.6 Å². The van der Waals surface area contributed by atoms with Crippen LogP contribution in [-0.2, 0) is 4.74 Å². The smallest absolute Gasteiger partial charge is 0.407 e. The fourth-order valence-electron chi connectivity index (χ4n) is 1.54. The van der Waals surface area contributed by atoms with Gasteiger partial charge < -0.3 is 14.8 Å². The maximum absolute atomic E-state index is 13.3. The molecule has 0 radical (unpaired) electrons. The van der Waals surface area contributed by atoms with Crippen molar-refractivity contribution in [1.29, 1.82) is 0 Å². The first-order valence-corrected chi connectivity index (χ1v) is 7.62. The van der Waals surface area contributed by atoms with Crippen LogP contribution in [0.1, 0.15) is 27.2 Å². The van der Waals surface area contributed by atoms with Crippen LogP contribution in [0.2, 0.25) is 0 Å². The maximum Gasteiger partial charge on any atom is 0.407 e. The Morgan fingerprint density at radius 3 is 2.65 bits per heavy atom. The molecule has 0 atom stereocenters. The molecule has 0 spiro atoms. The molecule has 1 amide bonds. The molecular weight excluding hydrogens is 375 g/mol. The van der Waals surface area contributed by atoms with Crippen molar-refractivity contribution in [1.82, 2.24) is 5.32 Å². The van der Waals surface area contributed by atoms with Crippen LogP contribution in [0.4, 0.5) is 14.9 Å². The van der Waals surface area contributed by atoms with Crippen LogP contribution in [-0.4, -0.2) is 29.8 Å². The molecule has 0 aromatic heterocycles. The van der Waals surface area contributed by atoms with E-state index >= 15 is 0 Å². The highest BCUT2D eigenvalue weighted by Gasteiger charge is 2.19. The van der Waals surface area contributed by atoms with Crippen molar-refractivity contribution in [2.45, 2.75) is 32.8 Å². The van der Waals surface area contributed by atoms with Crippen molar-refractivity contribution in [3.8, 4) is 5.75 Å². The predicted octanol–water partition coefficient (Wildman–Crippen LogP) is 3.79. The number of nitrogens with one attached hydrogen (secondary N) is 1. The topological polar surface area (TPSA) is 90.7 Å². The number of hydrogen-bond acceptors (Lipinski definition) is 5. The number of carbonyl (C=O) groups excluding carboxylic acids is 1. The lowest BCUT2D eigenvalue weighted by molar-refractivity contribution is -0.386. The van der Waals surface area contributed by atoms with E-state index in [2.05, 4.69) is 21.2 Å². The lowest BCUT2D eigenvalue weighted by atomic mass is 10.2. The van der Waals surface area contributed by atoms with E-state index in [1.807, 2.05) is 0 Å². The highest BCUT2D eigenvalue weighted by atomic mass is 79.9. The summed E-state index contributed by atoms with van der Waals surface area (Å²) in [7, 11) is 0. The molecule has 9 heteroatoms. The third-order valence-electron chi connectivity index (χ3n) is 2.45. The summed E-state index contributed by atoms with van der Waals surface area (Å²) < 4.78 is 23.7. The van der Waals surface area contributed by atoms with Gasteiger partial charge in [0.05, 0.1) is 22.1 Å². The molecule has 0 aliphatic carbocycles. The Hall–Kier alpha value is -1.90. The molecule has 1 aromatic rings. The third-order valence-corrected chi connectivity index (χ3v) is 3.05. The summed E-state index contributed by atoms with van der Waals surface area (Å²) in [4.78, 5) is 21.6. The second-order valence-corrected chi connectivity index (χ2v) is 6.48. The number of nitro benzene ring substituents is 1. The lowest BCUT2D eigenvalue weighted by Gasteiger charge is -2.19. The molecule has 0 aliphatic heterocycles. The minimum Gasteiger partial charge on any atom is -0.487 e. The van der Waals surface area contributed by atoms with Gasteiger partial charge in [-0.25, -0.2) is 9.18 Å². The number of amides is 1. The molecule has 0 heterocycles. The van der Waals surface area contributed by atoms with E-state index < -0.39 is 28.1 Å². The second kappa shape index (κ2) is 8.09. The van der Waals surface area contributed by atoms with E-state index in [1.165, 1.54) is 6.07 Å². The van der Waals surface area contributed by atoms with Gasteiger partial charge in [-0.2, -0.15) is 0 Å². The molecule has 0 saturated heterocycles. The van der Waals surface area contributed by atoms with Gasteiger partial charge in [-0.1, -0.05) is 0 Å². The highest BCUT2D eigenvalue weighted by Crippen LogP contribution is 2.32. The minimum absolute atomic E-state index is 0.0412. The van der Waals surface area contributed by atoms with Crippen LogP contribution < -0.4 is 10.1 Å². The van der Waals surface area contributed by atoms with Crippen molar-refractivity contribution in [2.24, 2.45) is 0 Å². The number of nitrogens with zero attached hydrogens (tertiary/aromatic N) is 1. The average Bonchev–Trinajstić information content (AvgIpc) is 2.39. The number of nitro groups is 1. The van der Waals surface area contributed by atoms with Crippen LogP contribution in [0.25, 0.3) is 0 Å². The molecule has 0 unspecified atom stereocenters. The van der Waals surface area contributed by atoms with E-state index in [-0.39, 0.29) is 23.4 Å². The van der Waals surface area contributed by atoms with Gasteiger partial charge in [-0.15, -0.1) is 0 Å². The Morgan fingerprint density at radius 1 is 1.43 bits per heavy atom. The number of rotatable bonds is 6. The van der Waals surface area contributed by atoms with Crippen molar-refractivity contribution in [3.63, 3.8) is 0 Å². The first kappa shape index (κ1) is 19.1. The Labute approximate surface area is 141 Å². The van der Waals surface area contributed by atoms with E-state index in [0.29, 0.717) is 6.42 Å². The van der Waals surface area contributed by atoms with Gasteiger partial charge in [0.2, 0.25) is 0 Å². The zero-order chi connectivity index (χ0) is 17.6. The molecule has 23 heavy (non-hydrogen) atoms. The molecule has 0 aliphatic rings. The van der Waals surface area contributed by atoms with Crippen LogP contribution in [0.3, 0.4) is 0 Å². The van der Waals surface area contributed by atoms with E-state index in [4.69, 9.17) is 9.47 Å². The zero-order valence-corrected chi connectivity index (χ0v) is 14.6. The van der Waals surface area contributed by atoms with Gasteiger partial charge in [-0.05, 0) is 43.1 Å². The first-order valence-electron chi connectivity index (χ1n) is 6.83. The number of alkyl carbamates (subject to hydrolysis) is 1. The first-order chi connectivity index (χ1) is 10.6. The average molecular weight is 393 g/mol. The summed E-state index contributed by atoms with van der Waals surface area (Å²) in [6.45, 7) is 5.66. The number of carbonyl (C=O) groups is 1. The standard InChI is InChI=1S/C14H18BrFN2O5/c1-14(2,3)23-13(19)17-5-4-6-22-12-7-9(15)10(16)8-11(12)18(20)21/h7-8H,4-6H2,1-3H3,(H,17,19). The summed E-state index contributed by atoms with van der Waals surface area (Å²) in [6, 6.07) is 1.99. The summed E-state index contributed by atoms with van der Waals surface area (Å²) in [5.74, 6) is -0.781. The normalized spacial score (nSPS) is 11.0. The monoisotopic (exact) mass is 392 g/mol. The Bertz CT molecular complexity index is 589. The molecule has 0 fully saturated rings. The highest BCUT2D eigenvalue weighted by molar-refractivity contribution is 9.10. The van der Waals surface area contributed by atoms with Crippen molar-refractivity contribution in [2.75, 3.05) is 13.2 Å². The number of ether oxygens (including phenoxy) is 2. The summed E-state index contributed by atoms with van der Waals surface area (Å²) in [6.07, 6.45) is -0.140. The van der Waals surface area contributed by atoms with Crippen LogP contribution in [0.5, 0.6) is 5.75 Å². The van der Waals surface area contributed by atoms with Gasteiger partial charge in [0.25, 0.3) is 0 Å². The van der Waals surface area contributed by atoms with Gasteiger partial charge >= 0.3 is 11.8 Å². The number of benzene rings is 1. The zero-order valence-electron chi connectivity index (χ0n) is 13.0. The largest absolute Gasteiger partial charge is 0.487 e. The third kappa shape index (κ3) is 6.81. The molecule has 1 aromatic carbocycles. The fraction of sp³-hybridized carbons (Fsp3) is 0.500. The maximum atomic E-state index is 13.3. The van der Waals surface area contributed by atoms with Gasteiger partial charge in [0, 0.05) is 12.6 Å². The minimum atomic E-state index is -0.740. The van der Waals surface area contributed by atoms with E-state index in [1.54, 1.807) is 20.8 Å². The Kier molecular flexibility index (Phi) is 6.74. The summed E-state index contributed by atoms with van der Waals surface area (Å²) in [5, 5.41) is 13.4. The fourth-order valence-corrected chi connectivity index (χ4v) is 1.86. The van der Waals surface area contributed by atoms with E-state index in [0.717, 1.165) is 6.07 Å². The van der Waals surface area contributed by atoms with Crippen LogP contribution in [0, 0.1) is 15.9 Å². The molecule has 0 saturated carbocycles. The molecule has 1 rings (SSSR count). The molecule has 128 valence electrons. The SMILES string of the molecule is CC(C)(C)OC(=O)NCCCOc1cc(Br)c(F)cc1[N+](=O)[O-]. The van der Waals surface area contributed by atoms with Crippen LogP contribution >= 0.6 is 15.9 Å². The summed E-state index contributed by atoms with van der Waals surface area (Å²) >= 11 is 2.95. The molecule has 7 nitrogen and oxygen atoms in total. The van der Waals surface area contributed by atoms with Gasteiger partial charge in [0.15, 0.2) is 5.75 Å². The number of halogens is 2. The summed E-state index contributed by atoms with van der Waals surface area (Å²) in [5.41, 5.74) is -1.03. The van der Waals surface area contributed by atoms with Crippen molar-refractivity contribution in [3.05, 3.63) is 32.5 Å². The second-order valence-electron chi connectivity index (χ2n) is 5.62. The number of hydrogen-bond donors (Lipinski definition) is 1. The molecule has 0 bridgehead atoms. The Morgan fingerprint density at radius 2 is 2.09 bits per heavy atom. The quantitative estimate of drug-likeness (QED) is 0.451. The van der Waals surface area contributed by atoms with Crippen molar-refractivity contribution >= 4 is 27.7 Å². The van der Waals surface area contributed by atoms with Gasteiger partial charge in [-0.3, -0.25) is 10.1 Å². The van der Waals surface area contributed by atoms with Crippen molar-refractivity contribution < 1.29 is 23.6 Å². The predicted molar refractivity (Wildman–Crippen MR) is 85.1 cm³/mol. The molecular formula is C14H18BrFN2O5.